The lowest BCUT2D eigenvalue weighted by Crippen LogP contribution is -2.41. The van der Waals surface area contributed by atoms with E-state index in [1.807, 2.05) is 6.92 Å². The van der Waals surface area contributed by atoms with Gasteiger partial charge < -0.3 is 19.7 Å². The van der Waals surface area contributed by atoms with Crippen LogP contribution in [0.25, 0.3) is 0 Å². The number of rotatable bonds is 8. The van der Waals surface area contributed by atoms with Crippen molar-refractivity contribution in [3.05, 3.63) is 46.8 Å². The third kappa shape index (κ3) is 6.37. The van der Waals surface area contributed by atoms with E-state index < -0.39 is 18.8 Å². The average Bonchev–Trinajstić information content (AvgIpc) is 3.20. The summed E-state index contributed by atoms with van der Waals surface area (Å²) >= 11 is 0. The van der Waals surface area contributed by atoms with Gasteiger partial charge in [0.15, 0.2) is 6.61 Å². The molecule has 1 atom stereocenters. The molecule has 2 aliphatic rings. The molecule has 1 fully saturated rings. The summed E-state index contributed by atoms with van der Waals surface area (Å²) in [6.45, 7) is 3.97. The minimum atomic E-state index is -4.46. The Morgan fingerprint density at radius 1 is 1.27 bits per heavy atom. The highest BCUT2D eigenvalue weighted by Crippen LogP contribution is 2.34. The zero-order valence-corrected chi connectivity index (χ0v) is 21.0. The number of alkyl halides is 3. The van der Waals surface area contributed by atoms with Gasteiger partial charge in [0.1, 0.15) is 5.82 Å². The van der Waals surface area contributed by atoms with E-state index in [2.05, 4.69) is 20.2 Å². The summed E-state index contributed by atoms with van der Waals surface area (Å²) in [5, 5.41) is 2.85. The van der Waals surface area contributed by atoms with E-state index in [0.717, 1.165) is 25.9 Å². The van der Waals surface area contributed by atoms with Crippen LogP contribution in [-0.2, 0) is 16.1 Å². The van der Waals surface area contributed by atoms with Crippen molar-refractivity contribution in [3.8, 4) is 5.88 Å². The molecule has 2 aliphatic heterocycles. The predicted octanol–water partition coefficient (Wildman–Crippen LogP) is 3.49. The van der Waals surface area contributed by atoms with Gasteiger partial charge in [0.2, 0.25) is 11.8 Å². The Kier molecular flexibility index (Phi) is 7.98. The number of halogens is 3. The van der Waals surface area contributed by atoms with Crippen LogP contribution in [0, 0.1) is 6.92 Å². The number of amides is 2. The number of likely N-dealkylation sites (tertiary alicyclic amines) is 1. The summed E-state index contributed by atoms with van der Waals surface area (Å²) in [6, 6.07) is 2.86. The van der Waals surface area contributed by atoms with Gasteiger partial charge in [-0.05, 0) is 44.4 Å². The molecule has 37 heavy (non-hydrogen) atoms. The number of aryl methyl sites for hydroxylation is 1. The number of carbonyl (C=O) groups excluding carboxylic acids is 2. The van der Waals surface area contributed by atoms with Crippen LogP contribution in [-0.4, -0.2) is 77.2 Å². The monoisotopic (exact) mass is 521 g/mol. The maximum Gasteiger partial charge on any atom is 0.422 e. The summed E-state index contributed by atoms with van der Waals surface area (Å²) in [5.41, 5.74) is 2.16. The average molecular weight is 522 g/mol. The van der Waals surface area contributed by atoms with E-state index in [4.69, 9.17) is 9.47 Å². The van der Waals surface area contributed by atoms with Crippen molar-refractivity contribution < 1.29 is 32.2 Å². The Labute approximate surface area is 213 Å². The first-order valence-corrected chi connectivity index (χ1v) is 12.1. The second-order valence-corrected chi connectivity index (χ2v) is 9.35. The third-order valence-corrected chi connectivity index (χ3v) is 6.74. The maximum absolute atomic E-state index is 13.2. The topological polar surface area (TPSA) is 96.9 Å². The number of anilines is 1. The van der Waals surface area contributed by atoms with E-state index in [0.29, 0.717) is 28.1 Å². The first-order chi connectivity index (χ1) is 17.6. The Hall–Kier alpha value is -3.25. The molecule has 0 saturated carbocycles. The number of nitrogens with zero attached hydrogens (tertiary/aromatic N) is 4. The van der Waals surface area contributed by atoms with Gasteiger partial charge in [0.25, 0.3) is 5.91 Å². The highest BCUT2D eigenvalue weighted by Gasteiger charge is 2.35. The van der Waals surface area contributed by atoms with E-state index in [1.165, 1.54) is 12.4 Å². The Morgan fingerprint density at radius 3 is 2.65 bits per heavy atom. The van der Waals surface area contributed by atoms with Crippen LogP contribution in [0.4, 0.5) is 19.0 Å². The number of piperidine rings is 1. The second kappa shape index (κ2) is 11.0. The summed E-state index contributed by atoms with van der Waals surface area (Å²) in [7, 11) is 1.69. The number of methoxy groups -OCH3 is 1. The van der Waals surface area contributed by atoms with Crippen LogP contribution in [0.2, 0.25) is 0 Å². The van der Waals surface area contributed by atoms with Gasteiger partial charge in [0.05, 0.1) is 25.2 Å². The van der Waals surface area contributed by atoms with Gasteiger partial charge in [-0.2, -0.15) is 13.2 Å². The summed E-state index contributed by atoms with van der Waals surface area (Å²) in [6.07, 6.45) is 0.397. The van der Waals surface area contributed by atoms with Gasteiger partial charge in [-0.25, -0.2) is 9.97 Å². The summed E-state index contributed by atoms with van der Waals surface area (Å²) in [4.78, 5) is 37.9. The first kappa shape index (κ1) is 26.8. The molecule has 12 heteroatoms. The van der Waals surface area contributed by atoms with Crippen molar-refractivity contribution in [3.63, 3.8) is 0 Å². The fraction of sp³-hybridized carbons (Fsp3) is 0.520. The van der Waals surface area contributed by atoms with E-state index in [9.17, 15) is 22.8 Å². The van der Waals surface area contributed by atoms with Crippen molar-refractivity contribution in [1.82, 2.24) is 19.8 Å². The quantitative estimate of drug-likeness (QED) is 0.568. The van der Waals surface area contributed by atoms with Crippen LogP contribution in [0.15, 0.2) is 24.5 Å². The molecule has 1 unspecified atom stereocenters. The fourth-order valence-electron chi connectivity index (χ4n) is 4.64. The lowest BCUT2D eigenvalue weighted by atomic mass is 10.1. The number of hydrogen-bond acceptors (Lipinski definition) is 7. The highest BCUT2D eigenvalue weighted by molar-refractivity contribution is 6.01. The molecule has 2 aromatic rings. The van der Waals surface area contributed by atoms with Crippen LogP contribution >= 0.6 is 0 Å². The molecular weight excluding hydrogens is 491 g/mol. The molecule has 200 valence electrons. The number of hydrogen-bond donors (Lipinski definition) is 1. The van der Waals surface area contributed by atoms with Gasteiger partial charge in [-0.15, -0.1) is 0 Å². The summed E-state index contributed by atoms with van der Waals surface area (Å²) in [5.74, 6) is -0.186. The van der Waals surface area contributed by atoms with Crippen molar-refractivity contribution in [1.29, 1.82) is 0 Å². The molecule has 2 aromatic heterocycles. The predicted molar refractivity (Wildman–Crippen MR) is 128 cm³/mol. The van der Waals surface area contributed by atoms with E-state index in [1.54, 1.807) is 31.1 Å². The van der Waals surface area contributed by atoms with Crippen LogP contribution in [0.5, 0.6) is 5.88 Å². The van der Waals surface area contributed by atoms with Crippen LogP contribution in [0.3, 0.4) is 0 Å². The molecule has 0 radical (unpaired) electrons. The van der Waals surface area contributed by atoms with Gasteiger partial charge in [0, 0.05) is 49.3 Å². The minimum absolute atomic E-state index is 0.107. The SMILES string of the molecule is COC1CCN(CC(=O)Nc2nccc3c2CN(C(C)c2cnc(OCC(F)(F)F)c(C)c2)C3=O)CC1. The van der Waals surface area contributed by atoms with Gasteiger partial charge >= 0.3 is 6.18 Å². The number of fused-ring (bicyclic) bond motifs is 1. The molecule has 1 saturated heterocycles. The first-order valence-electron chi connectivity index (χ1n) is 12.1. The number of nitrogens with one attached hydrogen (secondary N) is 1. The van der Waals surface area contributed by atoms with Crippen LogP contribution < -0.4 is 10.1 Å². The van der Waals surface area contributed by atoms with E-state index in [-0.39, 0.29) is 36.9 Å². The molecule has 0 aromatic carbocycles. The summed E-state index contributed by atoms with van der Waals surface area (Å²) < 4.78 is 47.6. The number of aromatic nitrogens is 2. The highest BCUT2D eigenvalue weighted by atomic mass is 19.4. The van der Waals surface area contributed by atoms with Crippen molar-refractivity contribution in [2.24, 2.45) is 0 Å². The molecule has 4 heterocycles. The van der Waals surface area contributed by atoms with Crippen molar-refractivity contribution >= 4 is 17.6 Å². The van der Waals surface area contributed by atoms with Crippen molar-refractivity contribution in [2.45, 2.75) is 51.6 Å². The van der Waals surface area contributed by atoms with Crippen molar-refractivity contribution in [2.75, 3.05) is 38.7 Å². The zero-order chi connectivity index (χ0) is 26.7. The van der Waals surface area contributed by atoms with Crippen LogP contribution in [0.1, 0.15) is 52.9 Å². The molecule has 0 spiro atoms. The van der Waals surface area contributed by atoms with E-state index >= 15 is 0 Å². The van der Waals surface area contributed by atoms with Gasteiger partial charge in [-0.3, -0.25) is 14.5 Å². The minimum Gasteiger partial charge on any atom is -0.468 e. The zero-order valence-electron chi connectivity index (χ0n) is 21.0. The maximum atomic E-state index is 13.2. The number of ether oxygens (including phenoxy) is 2. The second-order valence-electron chi connectivity index (χ2n) is 9.35. The number of carbonyl (C=O) groups is 2. The molecule has 0 bridgehead atoms. The Bertz CT molecular complexity index is 1150. The lowest BCUT2D eigenvalue weighted by molar-refractivity contribution is -0.154. The third-order valence-electron chi connectivity index (χ3n) is 6.74. The van der Waals surface area contributed by atoms with Gasteiger partial charge in [-0.1, -0.05) is 0 Å². The fourth-order valence-corrected chi connectivity index (χ4v) is 4.64. The Balaban J connectivity index is 1.42. The standard InChI is InChI=1S/C25H30F3N5O4/c1-15-10-17(11-30-23(15)37-14-25(26,27)28)16(2)33-12-20-19(24(33)35)4-7-29-22(20)31-21(34)13-32-8-5-18(36-3)6-9-32/h4,7,10-11,16,18H,5-6,8-9,12-14H2,1-3H3,(H,29,31,34). The molecule has 0 aliphatic carbocycles. The lowest BCUT2D eigenvalue weighted by Gasteiger charge is -2.30. The number of pyridine rings is 2. The molecule has 9 nitrogen and oxygen atoms in total. The molecule has 1 N–H and O–H groups in total. The molecular formula is C25H30F3N5O4. The normalized spacial score (nSPS) is 17.6. The Morgan fingerprint density at radius 2 is 2.00 bits per heavy atom. The smallest absolute Gasteiger partial charge is 0.422 e. The molecule has 4 rings (SSSR count). The molecule has 2 amide bonds. The largest absolute Gasteiger partial charge is 0.468 e.